The van der Waals surface area contributed by atoms with Crippen LogP contribution in [0.3, 0.4) is 0 Å². The predicted octanol–water partition coefficient (Wildman–Crippen LogP) is 4.15. The zero-order valence-electron chi connectivity index (χ0n) is 13.0. The summed E-state index contributed by atoms with van der Waals surface area (Å²) >= 11 is 0. The molecular weight excluding hydrogens is 268 g/mol. The third kappa shape index (κ3) is 5.21. The second-order valence-corrected chi connectivity index (χ2v) is 5.30. The summed E-state index contributed by atoms with van der Waals surface area (Å²) < 4.78 is 5.50. The van der Waals surface area contributed by atoms with E-state index in [2.05, 4.69) is 13.8 Å². The van der Waals surface area contributed by atoms with Gasteiger partial charge in [-0.2, -0.15) is 0 Å². The number of hydrogen-bond donors (Lipinski definition) is 1. The molecule has 2 unspecified atom stereocenters. The van der Waals surface area contributed by atoms with Crippen LogP contribution < -0.4 is 0 Å². The molecule has 4 nitrogen and oxygen atoms in total. The predicted molar refractivity (Wildman–Crippen MR) is 81.6 cm³/mol. The van der Waals surface area contributed by atoms with Crippen molar-refractivity contribution in [3.05, 3.63) is 35.4 Å². The van der Waals surface area contributed by atoms with Crippen LogP contribution in [0, 0.1) is 5.92 Å². The van der Waals surface area contributed by atoms with Crippen molar-refractivity contribution < 1.29 is 19.4 Å². The van der Waals surface area contributed by atoms with E-state index in [0.29, 0.717) is 11.5 Å². The Bertz CT molecular complexity index is 464. The van der Waals surface area contributed by atoms with Gasteiger partial charge in [-0.25, -0.2) is 9.59 Å². The summed E-state index contributed by atoms with van der Waals surface area (Å²) in [7, 11) is 0. The van der Waals surface area contributed by atoms with Crippen molar-refractivity contribution in [2.75, 3.05) is 0 Å². The summed E-state index contributed by atoms with van der Waals surface area (Å²) in [5, 5.41) is 8.83. The first-order chi connectivity index (χ1) is 9.99. The molecule has 1 aromatic carbocycles. The van der Waals surface area contributed by atoms with Crippen LogP contribution in [0.4, 0.5) is 0 Å². The van der Waals surface area contributed by atoms with Crippen molar-refractivity contribution >= 4 is 11.9 Å². The van der Waals surface area contributed by atoms with Crippen LogP contribution in [0.15, 0.2) is 24.3 Å². The molecule has 2 atom stereocenters. The van der Waals surface area contributed by atoms with Crippen LogP contribution in [-0.4, -0.2) is 23.1 Å². The average molecular weight is 292 g/mol. The Morgan fingerprint density at radius 2 is 1.71 bits per heavy atom. The normalized spacial score (nSPS) is 13.5. The van der Waals surface area contributed by atoms with Gasteiger partial charge in [0.25, 0.3) is 0 Å². The Hall–Kier alpha value is -1.84. The van der Waals surface area contributed by atoms with Gasteiger partial charge >= 0.3 is 11.9 Å². The fourth-order valence-electron chi connectivity index (χ4n) is 2.32. The molecule has 0 saturated heterocycles. The SMILES string of the molecule is CCCCC(CC)C(C)OC(=O)c1ccc(C(=O)O)cc1. The largest absolute Gasteiger partial charge is 0.478 e. The first kappa shape index (κ1) is 17.2. The van der Waals surface area contributed by atoms with E-state index >= 15 is 0 Å². The highest BCUT2D eigenvalue weighted by atomic mass is 16.5. The Kier molecular flexibility index (Phi) is 6.92. The minimum atomic E-state index is -1.01. The molecule has 1 aromatic rings. The molecule has 0 fully saturated rings. The van der Waals surface area contributed by atoms with Crippen LogP contribution in [0.1, 0.15) is 67.2 Å². The van der Waals surface area contributed by atoms with Crippen molar-refractivity contribution in [2.45, 2.75) is 52.6 Å². The lowest BCUT2D eigenvalue weighted by atomic mass is 9.94. The summed E-state index contributed by atoms with van der Waals surface area (Å²) in [6, 6.07) is 5.81. The minimum absolute atomic E-state index is 0.131. The van der Waals surface area contributed by atoms with E-state index in [1.54, 1.807) is 0 Å². The summed E-state index contributed by atoms with van der Waals surface area (Å²) in [4.78, 5) is 22.8. The Morgan fingerprint density at radius 3 is 2.19 bits per heavy atom. The summed E-state index contributed by atoms with van der Waals surface area (Å²) in [5.74, 6) is -1.03. The van der Waals surface area contributed by atoms with Crippen molar-refractivity contribution in [1.29, 1.82) is 0 Å². The molecule has 21 heavy (non-hydrogen) atoms. The molecule has 0 aromatic heterocycles. The van der Waals surface area contributed by atoms with Gasteiger partial charge in [-0.05, 0) is 49.9 Å². The van der Waals surface area contributed by atoms with Gasteiger partial charge in [0.2, 0.25) is 0 Å². The number of carbonyl (C=O) groups is 2. The molecule has 0 radical (unpaired) electrons. The van der Waals surface area contributed by atoms with E-state index in [4.69, 9.17) is 9.84 Å². The first-order valence-corrected chi connectivity index (χ1v) is 7.53. The van der Waals surface area contributed by atoms with Gasteiger partial charge < -0.3 is 9.84 Å². The van der Waals surface area contributed by atoms with Gasteiger partial charge in [0.1, 0.15) is 6.10 Å². The molecule has 0 aliphatic carbocycles. The van der Waals surface area contributed by atoms with Crippen LogP contribution >= 0.6 is 0 Å². The Balaban J connectivity index is 2.64. The molecular formula is C17H24O4. The van der Waals surface area contributed by atoms with E-state index in [1.807, 2.05) is 6.92 Å². The number of carboxylic acids is 1. The molecule has 1 N–H and O–H groups in total. The first-order valence-electron chi connectivity index (χ1n) is 7.53. The summed E-state index contributed by atoms with van der Waals surface area (Å²) in [6.07, 6.45) is 4.17. The summed E-state index contributed by atoms with van der Waals surface area (Å²) in [6.45, 7) is 6.17. The van der Waals surface area contributed by atoms with E-state index in [-0.39, 0.29) is 11.7 Å². The maximum absolute atomic E-state index is 12.1. The van der Waals surface area contributed by atoms with Gasteiger partial charge in [0.05, 0.1) is 11.1 Å². The molecule has 0 aliphatic rings. The monoisotopic (exact) mass is 292 g/mol. The third-order valence-electron chi connectivity index (χ3n) is 3.78. The number of aromatic carboxylic acids is 1. The highest BCUT2D eigenvalue weighted by Gasteiger charge is 2.20. The molecule has 0 heterocycles. The number of ether oxygens (including phenoxy) is 1. The van der Waals surface area contributed by atoms with Crippen molar-refractivity contribution in [1.82, 2.24) is 0 Å². The van der Waals surface area contributed by atoms with E-state index < -0.39 is 11.9 Å². The zero-order valence-corrected chi connectivity index (χ0v) is 13.0. The highest BCUT2D eigenvalue weighted by molar-refractivity contribution is 5.92. The lowest BCUT2D eigenvalue weighted by molar-refractivity contribution is 0.0175. The number of esters is 1. The van der Waals surface area contributed by atoms with Gasteiger partial charge in [-0.3, -0.25) is 0 Å². The number of unbranched alkanes of at least 4 members (excludes halogenated alkanes) is 1. The highest BCUT2D eigenvalue weighted by Crippen LogP contribution is 2.20. The van der Waals surface area contributed by atoms with Gasteiger partial charge in [0, 0.05) is 0 Å². The second-order valence-electron chi connectivity index (χ2n) is 5.30. The maximum Gasteiger partial charge on any atom is 0.338 e. The third-order valence-corrected chi connectivity index (χ3v) is 3.78. The molecule has 0 saturated carbocycles. The van der Waals surface area contributed by atoms with Crippen LogP contribution in [-0.2, 0) is 4.74 Å². The Labute approximate surface area is 126 Å². The number of rotatable bonds is 8. The molecule has 0 spiro atoms. The van der Waals surface area contributed by atoms with E-state index in [9.17, 15) is 9.59 Å². The fourth-order valence-corrected chi connectivity index (χ4v) is 2.32. The standard InChI is InChI=1S/C17H24O4/c1-4-6-7-13(5-2)12(3)21-17(20)15-10-8-14(9-11-15)16(18)19/h8-13H,4-7H2,1-3H3,(H,18,19). The molecule has 4 heteroatoms. The lowest BCUT2D eigenvalue weighted by Crippen LogP contribution is -2.24. The second kappa shape index (κ2) is 8.45. The van der Waals surface area contributed by atoms with Crippen molar-refractivity contribution in [2.24, 2.45) is 5.92 Å². The molecule has 0 bridgehead atoms. The number of benzene rings is 1. The molecule has 116 valence electrons. The fraction of sp³-hybridized carbons (Fsp3) is 0.529. The Morgan fingerprint density at radius 1 is 1.14 bits per heavy atom. The average Bonchev–Trinajstić information content (AvgIpc) is 2.48. The zero-order chi connectivity index (χ0) is 15.8. The van der Waals surface area contributed by atoms with Crippen LogP contribution in [0.2, 0.25) is 0 Å². The van der Waals surface area contributed by atoms with Gasteiger partial charge in [-0.1, -0.05) is 26.7 Å². The van der Waals surface area contributed by atoms with Crippen molar-refractivity contribution in [3.8, 4) is 0 Å². The number of hydrogen-bond acceptors (Lipinski definition) is 3. The lowest BCUT2D eigenvalue weighted by Gasteiger charge is -2.22. The van der Waals surface area contributed by atoms with Gasteiger partial charge in [-0.15, -0.1) is 0 Å². The quantitative estimate of drug-likeness (QED) is 0.731. The minimum Gasteiger partial charge on any atom is -0.478 e. The van der Waals surface area contributed by atoms with E-state index in [1.165, 1.54) is 24.3 Å². The summed E-state index contributed by atoms with van der Waals surface area (Å²) in [5.41, 5.74) is 0.547. The molecule has 0 amide bonds. The van der Waals surface area contributed by atoms with E-state index in [0.717, 1.165) is 25.7 Å². The van der Waals surface area contributed by atoms with Crippen molar-refractivity contribution in [3.63, 3.8) is 0 Å². The smallest absolute Gasteiger partial charge is 0.338 e. The topological polar surface area (TPSA) is 63.6 Å². The number of carboxylic acid groups (broad SMARTS) is 1. The molecule has 1 rings (SSSR count). The molecule has 0 aliphatic heterocycles. The maximum atomic E-state index is 12.1. The number of carbonyl (C=O) groups excluding carboxylic acids is 1. The van der Waals surface area contributed by atoms with Crippen LogP contribution in [0.25, 0.3) is 0 Å². The van der Waals surface area contributed by atoms with Crippen LogP contribution in [0.5, 0.6) is 0 Å². The van der Waals surface area contributed by atoms with Gasteiger partial charge in [0.15, 0.2) is 0 Å².